The second-order valence-electron chi connectivity index (χ2n) is 7.29. The SMILES string of the molecule is CCN=CC(C(=O)OC)=C(O)C=Cc1cc(OC)c(OC)c(OC)c1.COc1cc(C=O)cc(OC)c1OC. The van der Waals surface area contributed by atoms with E-state index in [9.17, 15) is 14.7 Å². The maximum atomic E-state index is 11.7. The van der Waals surface area contributed by atoms with Crippen LogP contribution in [0.5, 0.6) is 34.5 Å². The molecule has 11 heteroatoms. The van der Waals surface area contributed by atoms with Crippen LogP contribution in [0.4, 0.5) is 0 Å². The highest BCUT2D eigenvalue weighted by atomic mass is 16.5. The van der Waals surface area contributed by atoms with Gasteiger partial charge < -0.3 is 38.3 Å². The van der Waals surface area contributed by atoms with Crippen LogP contribution in [0.2, 0.25) is 0 Å². The quantitative estimate of drug-likeness (QED) is 0.103. The van der Waals surface area contributed by atoms with Gasteiger partial charge in [-0.25, -0.2) is 4.79 Å². The zero-order valence-electron chi connectivity index (χ0n) is 23.4. The van der Waals surface area contributed by atoms with Crippen LogP contribution >= 0.6 is 0 Å². The lowest BCUT2D eigenvalue weighted by atomic mass is 10.1. The number of hydrogen-bond acceptors (Lipinski definition) is 11. The number of hydrogen-bond donors (Lipinski definition) is 1. The summed E-state index contributed by atoms with van der Waals surface area (Å²) in [6.45, 7) is 2.29. The Morgan fingerprint density at radius 3 is 1.54 bits per heavy atom. The Labute approximate surface area is 228 Å². The van der Waals surface area contributed by atoms with Crippen LogP contribution in [0.1, 0.15) is 22.8 Å². The summed E-state index contributed by atoms with van der Waals surface area (Å²) < 4.78 is 35.7. The summed E-state index contributed by atoms with van der Waals surface area (Å²) >= 11 is 0. The molecule has 0 heterocycles. The molecule has 0 aliphatic rings. The average molecular weight is 546 g/mol. The van der Waals surface area contributed by atoms with Crippen molar-refractivity contribution in [2.24, 2.45) is 4.99 Å². The Bertz CT molecular complexity index is 1150. The number of ether oxygens (including phenoxy) is 7. The van der Waals surface area contributed by atoms with Crippen LogP contribution in [-0.2, 0) is 9.53 Å². The Hall–Kier alpha value is -4.67. The van der Waals surface area contributed by atoms with Crippen molar-refractivity contribution in [1.29, 1.82) is 0 Å². The molecule has 39 heavy (non-hydrogen) atoms. The minimum atomic E-state index is -0.677. The monoisotopic (exact) mass is 545 g/mol. The van der Waals surface area contributed by atoms with Crippen molar-refractivity contribution in [1.82, 2.24) is 0 Å². The van der Waals surface area contributed by atoms with E-state index in [2.05, 4.69) is 9.73 Å². The van der Waals surface area contributed by atoms with Gasteiger partial charge in [-0.05, 0) is 42.8 Å². The van der Waals surface area contributed by atoms with E-state index >= 15 is 0 Å². The molecule has 1 N–H and O–H groups in total. The number of aliphatic hydroxyl groups is 1. The van der Waals surface area contributed by atoms with Crippen molar-refractivity contribution in [2.75, 3.05) is 56.3 Å². The first-order valence-corrected chi connectivity index (χ1v) is 11.5. The molecule has 2 rings (SSSR count). The van der Waals surface area contributed by atoms with E-state index in [-0.39, 0.29) is 11.3 Å². The van der Waals surface area contributed by atoms with Gasteiger partial charge in [-0.2, -0.15) is 0 Å². The molecule has 0 fully saturated rings. The van der Waals surface area contributed by atoms with Crippen molar-refractivity contribution in [3.05, 3.63) is 52.8 Å². The molecule has 212 valence electrons. The largest absolute Gasteiger partial charge is 0.507 e. The van der Waals surface area contributed by atoms with Gasteiger partial charge in [-0.3, -0.25) is 9.79 Å². The molecule has 2 aromatic carbocycles. The number of carbonyl (C=O) groups is 2. The van der Waals surface area contributed by atoms with Crippen molar-refractivity contribution < 1.29 is 47.9 Å². The fourth-order valence-electron chi connectivity index (χ4n) is 3.15. The summed E-state index contributed by atoms with van der Waals surface area (Å²) in [5.74, 6) is 1.93. The summed E-state index contributed by atoms with van der Waals surface area (Å²) in [5.41, 5.74) is 1.13. The molecule has 0 bridgehead atoms. The molecule has 0 spiro atoms. The number of nitrogens with zero attached hydrogens (tertiary/aromatic N) is 1. The van der Waals surface area contributed by atoms with E-state index in [1.807, 2.05) is 6.92 Å². The van der Waals surface area contributed by atoms with E-state index < -0.39 is 5.97 Å². The van der Waals surface area contributed by atoms with Crippen LogP contribution in [0.15, 0.2) is 46.7 Å². The summed E-state index contributed by atoms with van der Waals surface area (Å²) in [7, 11) is 10.3. The summed E-state index contributed by atoms with van der Waals surface area (Å²) in [4.78, 5) is 26.3. The Morgan fingerprint density at radius 1 is 0.769 bits per heavy atom. The predicted molar refractivity (Wildman–Crippen MR) is 147 cm³/mol. The van der Waals surface area contributed by atoms with Gasteiger partial charge in [0.25, 0.3) is 0 Å². The average Bonchev–Trinajstić information content (AvgIpc) is 2.98. The molecule has 0 saturated carbocycles. The van der Waals surface area contributed by atoms with Gasteiger partial charge in [0.15, 0.2) is 23.0 Å². The molecule has 0 aromatic heterocycles. The maximum absolute atomic E-state index is 11.7. The van der Waals surface area contributed by atoms with Gasteiger partial charge >= 0.3 is 5.97 Å². The third kappa shape index (κ3) is 8.99. The number of benzene rings is 2. The number of carbonyl (C=O) groups excluding carboxylic acids is 2. The Kier molecular flexibility index (Phi) is 14.1. The summed E-state index contributed by atoms with van der Waals surface area (Å²) in [6.07, 6.45) is 4.97. The molecule has 0 amide bonds. The highest BCUT2D eigenvalue weighted by Gasteiger charge is 2.14. The van der Waals surface area contributed by atoms with Crippen LogP contribution in [-0.4, -0.2) is 79.9 Å². The number of aldehydes is 1. The van der Waals surface area contributed by atoms with Crippen molar-refractivity contribution in [2.45, 2.75) is 6.92 Å². The lowest BCUT2D eigenvalue weighted by Crippen LogP contribution is -2.08. The van der Waals surface area contributed by atoms with Crippen molar-refractivity contribution >= 4 is 24.5 Å². The second-order valence-corrected chi connectivity index (χ2v) is 7.29. The zero-order valence-corrected chi connectivity index (χ0v) is 23.4. The minimum Gasteiger partial charge on any atom is -0.507 e. The normalized spacial score (nSPS) is 11.2. The lowest BCUT2D eigenvalue weighted by Gasteiger charge is -2.12. The van der Waals surface area contributed by atoms with E-state index in [0.29, 0.717) is 52.2 Å². The first kappa shape index (κ1) is 32.4. The smallest absolute Gasteiger partial charge is 0.343 e. The highest BCUT2D eigenvalue weighted by molar-refractivity contribution is 6.10. The molecule has 0 atom stereocenters. The third-order valence-corrected chi connectivity index (χ3v) is 5.03. The molecule has 0 unspecified atom stereocenters. The number of allylic oxidation sites excluding steroid dienone is 1. The molecule has 0 saturated heterocycles. The van der Waals surface area contributed by atoms with Gasteiger partial charge in [0.2, 0.25) is 11.5 Å². The first-order chi connectivity index (χ1) is 18.8. The lowest BCUT2D eigenvalue weighted by molar-refractivity contribution is -0.135. The Morgan fingerprint density at radius 2 is 1.21 bits per heavy atom. The third-order valence-electron chi connectivity index (χ3n) is 5.03. The highest BCUT2D eigenvalue weighted by Crippen LogP contribution is 2.39. The van der Waals surface area contributed by atoms with Crippen molar-refractivity contribution in [3.63, 3.8) is 0 Å². The number of esters is 1. The van der Waals surface area contributed by atoms with Crippen LogP contribution in [0.25, 0.3) is 6.08 Å². The van der Waals surface area contributed by atoms with Gasteiger partial charge in [0.05, 0.1) is 49.8 Å². The number of methoxy groups -OCH3 is 7. The molecule has 11 nitrogen and oxygen atoms in total. The van der Waals surface area contributed by atoms with Gasteiger partial charge in [0, 0.05) is 18.3 Å². The first-order valence-electron chi connectivity index (χ1n) is 11.5. The van der Waals surface area contributed by atoms with E-state index in [4.69, 9.17) is 28.4 Å². The van der Waals surface area contributed by atoms with Crippen molar-refractivity contribution in [3.8, 4) is 34.5 Å². The van der Waals surface area contributed by atoms with Crippen LogP contribution in [0, 0.1) is 0 Å². The molecule has 0 aliphatic heterocycles. The minimum absolute atomic E-state index is 0.0342. The van der Waals surface area contributed by atoms with Gasteiger partial charge in [-0.15, -0.1) is 0 Å². The Balaban J connectivity index is 0.000000457. The van der Waals surface area contributed by atoms with Crippen LogP contribution in [0.3, 0.4) is 0 Å². The van der Waals surface area contributed by atoms with E-state index in [0.717, 1.165) is 6.29 Å². The molecule has 2 aromatic rings. The van der Waals surface area contributed by atoms with Gasteiger partial charge in [0.1, 0.15) is 17.6 Å². The molecule has 0 aliphatic carbocycles. The fraction of sp³-hybridized carbons (Fsp3) is 0.321. The van der Waals surface area contributed by atoms with Crippen LogP contribution < -0.4 is 28.4 Å². The number of aliphatic imine (C=N–C) groups is 1. The topological polar surface area (TPSA) is 131 Å². The maximum Gasteiger partial charge on any atom is 0.343 e. The molecule has 0 radical (unpaired) electrons. The number of rotatable bonds is 12. The summed E-state index contributed by atoms with van der Waals surface area (Å²) in [5, 5.41) is 10.2. The zero-order chi connectivity index (χ0) is 29.4. The standard InChI is InChI=1S/C18H23NO6.C10H12O4/c1-6-19-11-13(18(21)25-5)14(20)8-7-12-9-15(22-2)17(24-4)16(10-12)23-3;1-12-8-4-7(6-11)5-9(13-2)10(8)14-3/h7-11,20H,6H2,1-5H3;4-6H,1-3H3. The van der Waals surface area contributed by atoms with E-state index in [1.54, 1.807) is 30.3 Å². The van der Waals surface area contributed by atoms with E-state index in [1.165, 1.54) is 62.1 Å². The summed E-state index contributed by atoms with van der Waals surface area (Å²) in [6, 6.07) is 6.61. The second kappa shape index (κ2) is 17.0. The predicted octanol–water partition coefficient (Wildman–Crippen LogP) is 4.33. The molecular weight excluding hydrogens is 510 g/mol. The molecular formula is C28H35NO10. The fourth-order valence-corrected chi connectivity index (χ4v) is 3.15. The van der Waals surface area contributed by atoms with Gasteiger partial charge in [-0.1, -0.05) is 6.08 Å². The number of aliphatic hydroxyl groups excluding tert-OH is 1.